The van der Waals surface area contributed by atoms with Gasteiger partial charge in [-0.2, -0.15) is 0 Å². The highest BCUT2D eigenvalue weighted by Gasteiger charge is 2.47. The van der Waals surface area contributed by atoms with Crippen molar-refractivity contribution in [3.63, 3.8) is 0 Å². The zero-order chi connectivity index (χ0) is 10.6. The minimum Gasteiger partial charge on any atom is -0.381 e. The van der Waals surface area contributed by atoms with Gasteiger partial charge in [-0.25, -0.2) is 0 Å². The lowest BCUT2D eigenvalue weighted by atomic mass is 9.64. The Labute approximate surface area is 87.4 Å². The van der Waals surface area contributed by atoms with Crippen LogP contribution in [0.4, 0.5) is 0 Å². The third-order valence-electron chi connectivity index (χ3n) is 3.48. The highest BCUT2D eigenvalue weighted by Crippen LogP contribution is 2.42. The molecule has 0 saturated heterocycles. The molecule has 0 spiro atoms. The Morgan fingerprint density at radius 1 is 1.43 bits per heavy atom. The number of nitrogens with two attached hydrogens (primary N) is 1. The van der Waals surface area contributed by atoms with Crippen LogP contribution in [0.25, 0.3) is 0 Å². The van der Waals surface area contributed by atoms with Crippen molar-refractivity contribution < 1.29 is 4.74 Å². The number of hydrogen-bond acceptors (Lipinski definition) is 3. The first kappa shape index (κ1) is 12.0. The highest BCUT2D eigenvalue weighted by molar-refractivity contribution is 5.02. The lowest BCUT2D eigenvalue weighted by molar-refractivity contribution is -0.0972. The molecule has 0 aromatic heterocycles. The normalized spacial score (nSPS) is 30.0. The van der Waals surface area contributed by atoms with Crippen LogP contribution < -0.4 is 11.1 Å². The summed E-state index contributed by atoms with van der Waals surface area (Å²) in [6, 6.07) is 0.616. The molecule has 1 saturated carbocycles. The summed E-state index contributed by atoms with van der Waals surface area (Å²) < 4.78 is 5.40. The molecule has 1 rings (SSSR count). The molecule has 0 amide bonds. The first-order chi connectivity index (χ1) is 6.62. The van der Waals surface area contributed by atoms with Crippen molar-refractivity contribution in [1.29, 1.82) is 0 Å². The maximum Gasteiger partial charge on any atom is 0.0652 e. The third kappa shape index (κ3) is 2.47. The monoisotopic (exact) mass is 200 g/mol. The van der Waals surface area contributed by atoms with Crippen LogP contribution in [0.2, 0.25) is 0 Å². The Kier molecular flexibility index (Phi) is 4.35. The smallest absolute Gasteiger partial charge is 0.0652 e. The number of rotatable bonds is 6. The molecule has 0 aliphatic heterocycles. The summed E-state index contributed by atoms with van der Waals surface area (Å²) in [4.78, 5) is 0. The van der Waals surface area contributed by atoms with Crippen molar-refractivity contribution in [3.05, 3.63) is 0 Å². The Hall–Kier alpha value is -0.120. The van der Waals surface area contributed by atoms with Crippen LogP contribution in [0.3, 0.4) is 0 Å². The second kappa shape index (κ2) is 5.10. The summed E-state index contributed by atoms with van der Waals surface area (Å²) >= 11 is 0. The summed E-state index contributed by atoms with van der Waals surface area (Å²) in [5.74, 6) is 0. The van der Waals surface area contributed by atoms with E-state index in [0.717, 1.165) is 25.9 Å². The molecule has 0 heterocycles. The topological polar surface area (TPSA) is 47.3 Å². The molecule has 14 heavy (non-hydrogen) atoms. The summed E-state index contributed by atoms with van der Waals surface area (Å²) in [7, 11) is 1.80. The lowest BCUT2D eigenvalue weighted by Gasteiger charge is -2.51. The van der Waals surface area contributed by atoms with Crippen LogP contribution in [0.1, 0.15) is 33.1 Å². The van der Waals surface area contributed by atoms with Crippen LogP contribution in [-0.2, 0) is 4.74 Å². The predicted octanol–water partition coefficient (Wildman–Crippen LogP) is 1.13. The largest absolute Gasteiger partial charge is 0.381 e. The van der Waals surface area contributed by atoms with Gasteiger partial charge in [-0.3, -0.25) is 0 Å². The second-order valence-corrected chi connectivity index (χ2v) is 4.78. The number of hydrogen-bond donors (Lipinski definition) is 2. The molecular weight excluding hydrogens is 176 g/mol. The third-order valence-corrected chi connectivity index (χ3v) is 3.48. The van der Waals surface area contributed by atoms with E-state index in [4.69, 9.17) is 10.5 Å². The maximum atomic E-state index is 5.44. The summed E-state index contributed by atoms with van der Waals surface area (Å²) in [5, 5.41) is 3.57. The standard InChI is InChI=1S/C11H24N2O/c1-11(2)9(8-10(11)14-3)13-7-5-4-6-12/h9-10,13H,4-8,12H2,1-3H3. The lowest BCUT2D eigenvalue weighted by Crippen LogP contribution is -2.60. The van der Waals surface area contributed by atoms with Crippen LogP contribution in [0.15, 0.2) is 0 Å². The molecule has 1 aliphatic rings. The average molecular weight is 200 g/mol. The van der Waals surface area contributed by atoms with Gasteiger partial charge in [0.2, 0.25) is 0 Å². The molecule has 0 bridgehead atoms. The quantitative estimate of drug-likeness (QED) is 0.632. The minimum atomic E-state index is 0.289. The Balaban J connectivity index is 2.15. The van der Waals surface area contributed by atoms with Gasteiger partial charge in [0.1, 0.15) is 0 Å². The highest BCUT2D eigenvalue weighted by atomic mass is 16.5. The predicted molar refractivity (Wildman–Crippen MR) is 59.3 cm³/mol. The first-order valence-electron chi connectivity index (χ1n) is 5.59. The van der Waals surface area contributed by atoms with Crippen molar-refractivity contribution in [3.8, 4) is 0 Å². The molecule has 0 radical (unpaired) electrons. The molecule has 3 N–H and O–H groups in total. The fourth-order valence-corrected chi connectivity index (χ4v) is 2.18. The molecule has 2 unspecified atom stereocenters. The molecule has 1 fully saturated rings. The summed E-state index contributed by atoms with van der Waals surface area (Å²) in [6.45, 7) is 6.43. The van der Waals surface area contributed by atoms with E-state index in [1.54, 1.807) is 7.11 Å². The maximum absolute atomic E-state index is 5.44. The van der Waals surface area contributed by atoms with E-state index >= 15 is 0 Å². The Morgan fingerprint density at radius 3 is 2.64 bits per heavy atom. The van der Waals surface area contributed by atoms with Crippen LogP contribution in [-0.4, -0.2) is 32.3 Å². The number of unbranched alkanes of at least 4 members (excludes halogenated alkanes) is 1. The van der Waals surface area contributed by atoms with E-state index in [-0.39, 0.29) is 5.41 Å². The van der Waals surface area contributed by atoms with E-state index in [1.807, 2.05) is 0 Å². The molecular formula is C11H24N2O. The van der Waals surface area contributed by atoms with Crippen molar-refractivity contribution in [2.24, 2.45) is 11.1 Å². The number of nitrogens with one attached hydrogen (secondary N) is 1. The van der Waals surface area contributed by atoms with Crippen molar-refractivity contribution in [2.75, 3.05) is 20.2 Å². The molecule has 84 valence electrons. The second-order valence-electron chi connectivity index (χ2n) is 4.78. The molecule has 3 nitrogen and oxygen atoms in total. The SMILES string of the molecule is COC1CC(NCCCCN)C1(C)C. The summed E-state index contributed by atoms with van der Waals surface area (Å²) in [6.07, 6.45) is 3.87. The Bertz CT molecular complexity index is 171. The number of methoxy groups -OCH3 is 1. The van der Waals surface area contributed by atoms with Gasteiger partial charge in [0.05, 0.1) is 6.10 Å². The van der Waals surface area contributed by atoms with E-state index in [9.17, 15) is 0 Å². The number of ether oxygens (including phenoxy) is 1. The molecule has 0 aromatic rings. The van der Waals surface area contributed by atoms with Crippen molar-refractivity contribution >= 4 is 0 Å². The van der Waals surface area contributed by atoms with E-state index in [1.165, 1.54) is 6.42 Å². The zero-order valence-electron chi connectivity index (χ0n) is 9.68. The molecule has 1 aliphatic carbocycles. The van der Waals surface area contributed by atoms with Gasteiger partial charge in [0.15, 0.2) is 0 Å². The van der Waals surface area contributed by atoms with Gasteiger partial charge >= 0.3 is 0 Å². The van der Waals surface area contributed by atoms with Crippen LogP contribution in [0.5, 0.6) is 0 Å². The van der Waals surface area contributed by atoms with Crippen LogP contribution in [0, 0.1) is 5.41 Å². The van der Waals surface area contributed by atoms with Gasteiger partial charge in [0.25, 0.3) is 0 Å². The average Bonchev–Trinajstić information content (AvgIpc) is 2.15. The molecule has 3 heteroatoms. The van der Waals surface area contributed by atoms with Gasteiger partial charge in [0, 0.05) is 18.6 Å². The van der Waals surface area contributed by atoms with Gasteiger partial charge < -0.3 is 15.8 Å². The van der Waals surface area contributed by atoms with Crippen molar-refractivity contribution in [2.45, 2.75) is 45.3 Å². The fraction of sp³-hybridized carbons (Fsp3) is 1.00. The minimum absolute atomic E-state index is 0.289. The van der Waals surface area contributed by atoms with E-state index in [0.29, 0.717) is 12.1 Å². The van der Waals surface area contributed by atoms with Crippen LogP contribution >= 0.6 is 0 Å². The van der Waals surface area contributed by atoms with E-state index < -0.39 is 0 Å². The van der Waals surface area contributed by atoms with Gasteiger partial charge in [-0.15, -0.1) is 0 Å². The molecule has 2 atom stereocenters. The van der Waals surface area contributed by atoms with Crippen molar-refractivity contribution in [1.82, 2.24) is 5.32 Å². The van der Waals surface area contributed by atoms with E-state index in [2.05, 4.69) is 19.2 Å². The Morgan fingerprint density at radius 2 is 2.14 bits per heavy atom. The summed E-state index contributed by atoms with van der Waals surface area (Å²) in [5.41, 5.74) is 5.73. The molecule has 0 aromatic carbocycles. The zero-order valence-corrected chi connectivity index (χ0v) is 9.68. The first-order valence-corrected chi connectivity index (χ1v) is 5.59. The van der Waals surface area contributed by atoms with Gasteiger partial charge in [-0.1, -0.05) is 13.8 Å². The van der Waals surface area contributed by atoms with Gasteiger partial charge in [-0.05, 0) is 32.4 Å². The fourth-order valence-electron chi connectivity index (χ4n) is 2.18.